The van der Waals surface area contributed by atoms with Gasteiger partial charge in [0.05, 0.1) is 25.7 Å². The Morgan fingerprint density at radius 3 is 2.56 bits per heavy atom. The second-order valence-corrected chi connectivity index (χ2v) is 7.16. The largest absolute Gasteiger partial charge is 0.493 e. The minimum Gasteiger partial charge on any atom is -0.493 e. The molecule has 0 bridgehead atoms. The number of aromatic nitrogens is 3. The zero-order valence-electron chi connectivity index (χ0n) is 14.6. The third kappa shape index (κ3) is 4.17. The van der Waals surface area contributed by atoms with Gasteiger partial charge in [0.25, 0.3) is 16.0 Å². The van der Waals surface area contributed by atoms with Crippen LogP contribution in [0.5, 0.6) is 11.5 Å². The van der Waals surface area contributed by atoms with Gasteiger partial charge in [-0.3, -0.25) is 0 Å². The number of anilines is 1. The van der Waals surface area contributed by atoms with Gasteiger partial charge in [0.15, 0.2) is 11.5 Å². The minimum absolute atomic E-state index is 0.0365. The van der Waals surface area contributed by atoms with Crippen LogP contribution in [0.3, 0.4) is 0 Å². The maximum Gasteiger partial charge on any atom is 0.264 e. The Bertz CT molecular complexity index is 1050. The fourth-order valence-corrected chi connectivity index (χ4v) is 3.34. The van der Waals surface area contributed by atoms with E-state index in [0.29, 0.717) is 11.3 Å². The highest BCUT2D eigenvalue weighted by atomic mass is 32.2. The molecule has 27 heavy (non-hydrogen) atoms. The number of hydrogen-bond acceptors (Lipinski definition) is 6. The van der Waals surface area contributed by atoms with Gasteiger partial charge in [-0.2, -0.15) is 4.98 Å². The molecule has 0 amide bonds. The molecule has 0 aliphatic heterocycles. The molecule has 8 nitrogen and oxygen atoms in total. The van der Waals surface area contributed by atoms with E-state index in [4.69, 9.17) is 9.47 Å². The average Bonchev–Trinajstić information content (AvgIpc) is 3.09. The molecule has 3 aromatic rings. The predicted octanol–water partition coefficient (Wildman–Crippen LogP) is 2.28. The Morgan fingerprint density at radius 2 is 1.85 bits per heavy atom. The van der Waals surface area contributed by atoms with Crippen LogP contribution in [-0.4, -0.2) is 37.4 Å². The average molecular weight is 392 g/mol. The van der Waals surface area contributed by atoms with Crippen LogP contribution in [0.4, 0.5) is 10.3 Å². The first kappa shape index (κ1) is 18.6. The molecule has 0 unspecified atom stereocenters. The van der Waals surface area contributed by atoms with Crippen LogP contribution in [0.2, 0.25) is 0 Å². The summed E-state index contributed by atoms with van der Waals surface area (Å²) in [5, 5.41) is 4.03. The molecule has 1 N–H and O–H groups in total. The number of hydrogen-bond donors (Lipinski definition) is 1. The van der Waals surface area contributed by atoms with Crippen LogP contribution >= 0.6 is 0 Å². The molecule has 0 aliphatic rings. The summed E-state index contributed by atoms with van der Waals surface area (Å²) in [7, 11) is -1.07. The number of methoxy groups -OCH3 is 2. The number of nitrogens with zero attached hydrogens (tertiary/aromatic N) is 3. The maximum absolute atomic E-state index is 13.7. The zero-order chi connectivity index (χ0) is 19.4. The standard InChI is InChI=1S/C17H17FN4O4S/c1-25-15-8-7-13(9-16(15)26-2)27(23,24)21-17-19-11-22(20-17)10-12-5-3-4-6-14(12)18/h3-9,11H,10H2,1-2H3,(H,20,21). The van der Waals surface area contributed by atoms with Crippen molar-refractivity contribution < 1.29 is 22.3 Å². The summed E-state index contributed by atoms with van der Waals surface area (Å²) in [4.78, 5) is 3.88. The summed E-state index contributed by atoms with van der Waals surface area (Å²) in [6.45, 7) is 0.123. The number of ether oxygens (including phenoxy) is 2. The zero-order valence-corrected chi connectivity index (χ0v) is 15.4. The molecule has 0 saturated carbocycles. The van der Waals surface area contributed by atoms with E-state index in [9.17, 15) is 12.8 Å². The van der Waals surface area contributed by atoms with Gasteiger partial charge in [-0.1, -0.05) is 18.2 Å². The Labute approximate surface area is 155 Å². The highest BCUT2D eigenvalue weighted by Crippen LogP contribution is 2.29. The molecular weight excluding hydrogens is 375 g/mol. The summed E-state index contributed by atoms with van der Waals surface area (Å²) < 4.78 is 52.6. The Hall–Kier alpha value is -3.14. The van der Waals surface area contributed by atoms with Gasteiger partial charge >= 0.3 is 0 Å². The van der Waals surface area contributed by atoms with E-state index in [1.54, 1.807) is 18.2 Å². The molecule has 142 valence electrons. The van der Waals surface area contributed by atoms with Crippen molar-refractivity contribution in [3.63, 3.8) is 0 Å². The lowest BCUT2D eigenvalue weighted by Gasteiger charge is -2.10. The fraction of sp³-hybridized carbons (Fsp3) is 0.176. The summed E-state index contributed by atoms with van der Waals surface area (Å²) in [5.41, 5.74) is 0.414. The number of sulfonamides is 1. The highest BCUT2D eigenvalue weighted by Gasteiger charge is 2.19. The van der Waals surface area contributed by atoms with Crippen molar-refractivity contribution in [3.8, 4) is 11.5 Å². The number of halogens is 1. The summed E-state index contributed by atoms with van der Waals surface area (Å²) in [5.74, 6) is 0.184. The first-order chi connectivity index (χ1) is 12.9. The summed E-state index contributed by atoms with van der Waals surface area (Å²) >= 11 is 0. The third-order valence-electron chi connectivity index (χ3n) is 3.72. The molecule has 0 aliphatic carbocycles. The number of benzene rings is 2. The van der Waals surface area contributed by atoms with Crippen LogP contribution in [0.25, 0.3) is 0 Å². The molecule has 10 heteroatoms. The van der Waals surface area contributed by atoms with Crippen molar-refractivity contribution in [2.45, 2.75) is 11.4 Å². The second-order valence-electron chi connectivity index (χ2n) is 5.48. The van der Waals surface area contributed by atoms with Crippen molar-refractivity contribution >= 4 is 16.0 Å². The lowest BCUT2D eigenvalue weighted by atomic mass is 10.2. The fourth-order valence-electron chi connectivity index (χ4n) is 2.38. The second kappa shape index (κ2) is 7.62. The van der Waals surface area contributed by atoms with Crippen LogP contribution in [0.1, 0.15) is 5.56 Å². The lowest BCUT2D eigenvalue weighted by Crippen LogP contribution is -2.14. The van der Waals surface area contributed by atoms with E-state index in [1.807, 2.05) is 0 Å². The van der Waals surface area contributed by atoms with E-state index in [-0.39, 0.29) is 29.0 Å². The highest BCUT2D eigenvalue weighted by molar-refractivity contribution is 7.92. The van der Waals surface area contributed by atoms with Gasteiger partial charge < -0.3 is 9.47 Å². The topological polar surface area (TPSA) is 95.3 Å². The summed E-state index contributed by atoms with van der Waals surface area (Å²) in [6, 6.07) is 10.4. The van der Waals surface area contributed by atoms with Gasteiger partial charge in [0.1, 0.15) is 12.1 Å². The lowest BCUT2D eigenvalue weighted by molar-refractivity contribution is 0.354. The smallest absolute Gasteiger partial charge is 0.264 e. The normalized spacial score (nSPS) is 11.2. The van der Waals surface area contributed by atoms with Crippen LogP contribution in [-0.2, 0) is 16.6 Å². The minimum atomic E-state index is -3.94. The monoisotopic (exact) mass is 392 g/mol. The van der Waals surface area contributed by atoms with Crippen LogP contribution in [0.15, 0.2) is 53.7 Å². The van der Waals surface area contributed by atoms with E-state index in [2.05, 4.69) is 14.8 Å². The van der Waals surface area contributed by atoms with E-state index >= 15 is 0 Å². The van der Waals surface area contributed by atoms with Gasteiger partial charge in [-0.05, 0) is 18.2 Å². The quantitative estimate of drug-likeness (QED) is 0.663. The van der Waals surface area contributed by atoms with Gasteiger partial charge in [0, 0.05) is 11.6 Å². The molecule has 2 aromatic carbocycles. The molecule has 3 rings (SSSR count). The maximum atomic E-state index is 13.7. The molecule has 1 heterocycles. The van der Waals surface area contributed by atoms with Crippen molar-refractivity contribution in [1.82, 2.24) is 14.8 Å². The Kier molecular flexibility index (Phi) is 5.26. The van der Waals surface area contributed by atoms with E-state index in [0.717, 1.165) is 0 Å². The van der Waals surface area contributed by atoms with Gasteiger partial charge in [-0.25, -0.2) is 22.2 Å². The molecule has 0 atom stereocenters. The molecule has 0 fully saturated rings. The molecule has 1 aromatic heterocycles. The van der Waals surface area contributed by atoms with E-state index < -0.39 is 10.0 Å². The van der Waals surface area contributed by atoms with Gasteiger partial charge in [0.2, 0.25) is 0 Å². The Balaban J connectivity index is 1.79. The number of nitrogens with one attached hydrogen (secondary N) is 1. The molecule has 0 radical (unpaired) electrons. The summed E-state index contributed by atoms with van der Waals surface area (Å²) in [6.07, 6.45) is 1.32. The number of rotatable bonds is 7. The Morgan fingerprint density at radius 1 is 1.11 bits per heavy atom. The van der Waals surface area contributed by atoms with Gasteiger partial charge in [-0.15, -0.1) is 5.10 Å². The predicted molar refractivity (Wildman–Crippen MR) is 95.9 cm³/mol. The van der Waals surface area contributed by atoms with Crippen molar-refractivity contribution in [3.05, 3.63) is 60.2 Å². The molecule has 0 saturated heterocycles. The first-order valence-corrected chi connectivity index (χ1v) is 9.29. The van der Waals surface area contributed by atoms with Crippen molar-refractivity contribution in [1.29, 1.82) is 0 Å². The van der Waals surface area contributed by atoms with Crippen LogP contribution in [0, 0.1) is 5.82 Å². The van der Waals surface area contributed by atoms with E-state index in [1.165, 1.54) is 49.5 Å². The molecule has 0 spiro atoms. The van der Waals surface area contributed by atoms with Crippen molar-refractivity contribution in [2.75, 3.05) is 18.9 Å². The van der Waals surface area contributed by atoms with Crippen molar-refractivity contribution in [2.24, 2.45) is 0 Å². The SMILES string of the molecule is COc1ccc(S(=O)(=O)Nc2ncn(Cc3ccccc3F)n2)cc1OC. The molecular formula is C17H17FN4O4S. The van der Waals surface area contributed by atoms with Crippen LogP contribution < -0.4 is 14.2 Å². The first-order valence-electron chi connectivity index (χ1n) is 7.80. The third-order valence-corrected chi connectivity index (χ3v) is 5.04.